The van der Waals surface area contributed by atoms with Gasteiger partial charge in [0.15, 0.2) is 5.82 Å². The number of likely N-dealkylation sites (tertiary alicyclic amines) is 2. The summed E-state index contributed by atoms with van der Waals surface area (Å²) < 4.78 is 10.6. The van der Waals surface area contributed by atoms with E-state index >= 15 is 0 Å². The molecule has 2 fully saturated rings. The van der Waals surface area contributed by atoms with Gasteiger partial charge in [-0.3, -0.25) is 4.79 Å². The summed E-state index contributed by atoms with van der Waals surface area (Å²) in [5.74, 6) is 2.50. The molecular formula is C17H28N4O3. The summed E-state index contributed by atoms with van der Waals surface area (Å²) in [7, 11) is 3.82. The Morgan fingerprint density at radius 2 is 2.08 bits per heavy atom. The molecule has 3 rings (SSSR count). The number of nitrogens with zero attached hydrogens (tertiary/aromatic N) is 4. The van der Waals surface area contributed by atoms with E-state index in [1.54, 1.807) is 7.11 Å². The van der Waals surface area contributed by atoms with Crippen molar-refractivity contribution >= 4 is 5.91 Å². The molecule has 1 aromatic rings. The van der Waals surface area contributed by atoms with Crippen molar-refractivity contribution in [3.8, 4) is 0 Å². The lowest BCUT2D eigenvalue weighted by Gasteiger charge is -2.30. The van der Waals surface area contributed by atoms with E-state index in [1.807, 2.05) is 4.90 Å². The fourth-order valence-corrected chi connectivity index (χ4v) is 3.57. The van der Waals surface area contributed by atoms with Crippen molar-refractivity contribution in [3.63, 3.8) is 0 Å². The van der Waals surface area contributed by atoms with Gasteiger partial charge in [-0.15, -0.1) is 0 Å². The Hall–Kier alpha value is -1.47. The highest BCUT2D eigenvalue weighted by atomic mass is 16.5. The molecule has 0 spiro atoms. The number of piperidine rings is 2. The van der Waals surface area contributed by atoms with Crippen LogP contribution in [0.25, 0.3) is 0 Å². The topological polar surface area (TPSA) is 71.7 Å². The molecule has 0 N–H and O–H groups in total. The van der Waals surface area contributed by atoms with Crippen LogP contribution in [0.3, 0.4) is 0 Å². The Bertz CT molecular complexity index is 540. The van der Waals surface area contributed by atoms with Crippen LogP contribution in [-0.4, -0.2) is 72.8 Å². The Morgan fingerprint density at radius 3 is 2.83 bits per heavy atom. The maximum absolute atomic E-state index is 12.0. The molecule has 0 unspecified atom stereocenters. The van der Waals surface area contributed by atoms with E-state index < -0.39 is 0 Å². The molecule has 2 aliphatic heterocycles. The van der Waals surface area contributed by atoms with E-state index in [1.165, 1.54) is 12.8 Å². The average molecular weight is 336 g/mol. The summed E-state index contributed by atoms with van der Waals surface area (Å²) in [6.07, 6.45) is 4.63. The molecule has 0 aromatic carbocycles. The van der Waals surface area contributed by atoms with Gasteiger partial charge in [0.25, 0.3) is 0 Å². The summed E-state index contributed by atoms with van der Waals surface area (Å²) in [6.45, 7) is 4.13. The third-order valence-electron chi connectivity index (χ3n) is 5.21. The van der Waals surface area contributed by atoms with Crippen LogP contribution in [0.4, 0.5) is 0 Å². The van der Waals surface area contributed by atoms with Crippen LogP contribution in [0.1, 0.15) is 43.3 Å². The number of hydrogen-bond acceptors (Lipinski definition) is 6. The SMILES string of the molecule is COCCN1C[C@H](c2nc(CC3CCN(C)CC3)no2)CCC1=O. The number of hydrogen-bond donors (Lipinski definition) is 0. The van der Waals surface area contributed by atoms with E-state index in [9.17, 15) is 4.79 Å². The second-order valence-corrected chi connectivity index (χ2v) is 7.07. The van der Waals surface area contributed by atoms with Crippen molar-refractivity contribution < 1.29 is 14.1 Å². The third kappa shape index (κ3) is 4.33. The molecule has 1 amide bonds. The predicted octanol–water partition coefficient (Wildman–Crippen LogP) is 1.31. The molecule has 7 heteroatoms. The maximum atomic E-state index is 12.0. The first kappa shape index (κ1) is 17.4. The number of carbonyl (C=O) groups excluding carboxylic acids is 1. The highest BCUT2D eigenvalue weighted by Gasteiger charge is 2.30. The summed E-state index contributed by atoms with van der Waals surface area (Å²) in [6, 6.07) is 0. The van der Waals surface area contributed by atoms with Crippen LogP contribution in [0.15, 0.2) is 4.52 Å². The standard InChI is InChI=1S/C17H28N4O3/c1-20-7-5-13(6-8-20)11-15-18-17(24-19-15)14-3-4-16(22)21(12-14)9-10-23-2/h13-14H,3-12H2,1-2H3/t14-/m1/s1. The minimum Gasteiger partial charge on any atom is -0.383 e. The molecule has 0 radical (unpaired) electrons. The van der Waals surface area contributed by atoms with Gasteiger partial charge in [0, 0.05) is 33.0 Å². The van der Waals surface area contributed by atoms with Crippen molar-refractivity contribution in [3.05, 3.63) is 11.7 Å². The lowest BCUT2D eigenvalue weighted by atomic mass is 9.93. The van der Waals surface area contributed by atoms with Crippen molar-refractivity contribution in [1.82, 2.24) is 19.9 Å². The van der Waals surface area contributed by atoms with E-state index in [4.69, 9.17) is 9.26 Å². The number of carbonyl (C=O) groups is 1. The minimum atomic E-state index is 0.151. The number of aromatic nitrogens is 2. The highest BCUT2D eigenvalue weighted by Crippen LogP contribution is 2.27. The molecule has 3 heterocycles. The molecule has 1 atom stereocenters. The van der Waals surface area contributed by atoms with E-state index in [0.29, 0.717) is 37.9 Å². The Kier molecular flexibility index (Phi) is 5.84. The van der Waals surface area contributed by atoms with E-state index in [-0.39, 0.29) is 11.8 Å². The van der Waals surface area contributed by atoms with Crippen molar-refractivity contribution in [1.29, 1.82) is 0 Å². The molecule has 7 nitrogen and oxygen atoms in total. The van der Waals surface area contributed by atoms with Crippen molar-refractivity contribution in [2.24, 2.45) is 5.92 Å². The van der Waals surface area contributed by atoms with Gasteiger partial charge in [-0.25, -0.2) is 0 Å². The second-order valence-electron chi connectivity index (χ2n) is 7.07. The van der Waals surface area contributed by atoms with E-state index in [2.05, 4.69) is 22.1 Å². The Labute approximate surface area is 143 Å². The van der Waals surface area contributed by atoms with Crippen molar-refractivity contribution in [2.45, 2.75) is 38.0 Å². The van der Waals surface area contributed by atoms with Gasteiger partial charge in [0.2, 0.25) is 11.8 Å². The molecule has 134 valence electrons. The summed E-state index contributed by atoms with van der Waals surface area (Å²) in [5.41, 5.74) is 0. The lowest BCUT2D eigenvalue weighted by molar-refractivity contribution is -0.134. The van der Waals surface area contributed by atoms with Crippen LogP contribution in [-0.2, 0) is 16.0 Å². The van der Waals surface area contributed by atoms with Gasteiger partial charge >= 0.3 is 0 Å². The maximum Gasteiger partial charge on any atom is 0.231 e. The minimum absolute atomic E-state index is 0.151. The lowest BCUT2D eigenvalue weighted by Crippen LogP contribution is -2.41. The molecule has 0 saturated carbocycles. The highest BCUT2D eigenvalue weighted by molar-refractivity contribution is 5.77. The van der Waals surface area contributed by atoms with Gasteiger partial charge in [0.1, 0.15) is 0 Å². The summed E-state index contributed by atoms with van der Waals surface area (Å²) >= 11 is 0. The van der Waals surface area contributed by atoms with Crippen LogP contribution in [0.5, 0.6) is 0 Å². The first-order valence-corrected chi connectivity index (χ1v) is 8.93. The second kappa shape index (κ2) is 8.07. The van der Waals surface area contributed by atoms with Crippen LogP contribution >= 0.6 is 0 Å². The number of ether oxygens (including phenoxy) is 1. The summed E-state index contributed by atoms with van der Waals surface area (Å²) in [4.78, 5) is 20.8. The Morgan fingerprint density at radius 1 is 1.29 bits per heavy atom. The number of rotatable bonds is 6. The molecule has 1 aromatic heterocycles. The van der Waals surface area contributed by atoms with Gasteiger partial charge in [-0.2, -0.15) is 4.98 Å². The molecule has 0 bridgehead atoms. The zero-order chi connectivity index (χ0) is 16.9. The number of amides is 1. The fourth-order valence-electron chi connectivity index (χ4n) is 3.57. The van der Waals surface area contributed by atoms with Gasteiger partial charge in [0.05, 0.1) is 12.5 Å². The average Bonchev–Trinajstić information content (AvgIpc) is 3.05. The number of methoxy groups -OCH3 is 1. The first-order valence-electron chi connectivity index (χ1n) is 8.93. The molecule has 0 aliphatic carbocycles. The van der Waals surface area contributed by atoms with Crippen molar-refractivity contribution in [2.75, 3.05) is 46.9 Å². The van der Waals surface area contributed by atoms with Gasteiger partial charge in [-0.05, 0) is 45.3 Å². The molecule has 24 heavy (non-hydrogen) atoms. The first-order chi connectivity index (χ1) is 11.7. The Balaban J connectivity index is 1.55. The van der Waals surface area contributed by atoms with E-state index in [0.717, 1.165) is 31.8 Å². The molecule has 2 saturated heterocycles. The zero-order valence-corrected chi connectivity index (χ0v) is 14.7. The van der Waals surface area contributed by atoms with Crippen LogP contribution < -0.4 is 0 Å². The quantitative estimate of drug-likeness (QED) is 0.780. The predicted molar refractivity (Wildman–Crippen MR) is 88.7 cm³/mol. The van der Waals surface area contributed by atoms with Gasteiger partial charge < -0.3 is 19.1 Å². The molecule has 2 aliphatic rings. The zero-order valence-electron chi connectivity index (χ0n) is 14.7. The monoisotopic (exact) mass is 336 g/mol. The third-order valence-corrected chi connectivity index (χ3v) is 5.21. The molecular weight excluding hydrogens is 308 g/mol. The van der Waals surface area contributed by atoms with Gasteiger partial charge in [-0.1, -0.05) is 5.16 Å². The normalized spacial score (nSPS) is 23.8. The van der Waals surface area contributed by atoms with Crippen LogP contribution in [0.2, 0.25) is 0 Å². The fraction of sp³-hybridized carbons (Fsp3) is 0.824. The summed E-state index contributed by atoms with van der Waals surface area (Å²) in [5, 5.41) is 4.18. The smallest absolute Gasteiger partial charge is 0.231 e. The van der Waals surface area contributed by atoms with Crippen LogP contribution in [0, 0.1) is 5.92 Å². The largest absolute Gasteiger partial charge is 0.383 e.